The molecule has 0 aromatic heterocycles. The number of nitrogens with zero attached hydrogens (tertiary/aromatic N) is 1. The fourth-order valence-corrected chi connectivity index (χ4v) is 0.481. The highest BCUT2D eigenvalue weighted by molar-refractivity contribution is 4.87. The maximum absolute atomic E-state index is 9.86. The molecule has 0 aliphatic rings. The summed E-state index contributed by atoms with van der Waals surface area (Å²) in [5.74, 6) is 0.525. The lowest BCUT2D eigenvalue weighted by atomic mass is 10.2. The van der Waals surface area contributed by atoms with Crippen LogP contribution in [0.5, 0.6) is 0 Å². The normalized spacial score (nSPS) is 11.7. The van der Waals surface area contributed by atoms with Crippen LogP contribution in [0.1, 0.15) is 13.8 Å². The van der Waals surface area contributed by atoms with Crippen molar-refractivity contribution in [2.75, 3.05) is 6.54 Å². The summed E-state index contributed by atoms with van der Waals surface area (Å²) in [6, 6.07) is 0. The van der Waals surface area contributed by atoms with E-state index >= 15 is 0 Å². The molecule has 5 nitrogen and oxygen atoms in total. The van der Waals surface area contributed by atoms with Crippen molar-refractivity contribution in [3.63, 3.8) is 0 Å². The fourth-order valence-electron chi connectivity index (χ4n) is 0.481. The Morgan fingerprint density at radius 2 is 2.36 bits per heavy atom. The molecule has 0 amide bonds. The van der Waals surface area contributed by atoms with Gasteiger partial charge in [-0.1, -0.05) is 13.8 Å². The van der Waals surface area contributed by atoms with Crippen LogP contribution in [0.4, 0.5) is 0 Å². The van der Waals surface area contributed by atoms with Gasteiger partial charge in [-0.25, -0.2) is 0 Å². The Morgan fingerprint density at radius 3 is 2.73 bits per heavy atom. The molecule has 0 bridgehead atoms. The SMILES string of the molecule is CC(C)CN/C(N)=C/[N+](=O)[O-]. The van der Waals surface area contributed by atoms with E-state index in [0.717, 1.165) is 6.20 Å². The van der Waals surface area contributed by atoms with E-state index in [9.17, 15) is 10.1 Å². The van der Waals surface area contributed by atoms with Crippen molar-refractivity contribution < 1.29 is 4.92 Å². The highest BCUT2D eigenvalue weighted by Gasteiger charge is 1.97. The first-order chi connectivity index (χ1) is 5.02. The predicted molar refractivity (Wildman–Crippen MR) is 42.1 cm³/mol. The summed E-state index contributed by atoms with van der Waals surface area (Å²) >= 11 is 0. The van der Waals surface area contributed by atoms with E-state index in [1.54, 1.807) is 0 Å². The van der Waals surface area contributed by atoms with Gasteiger partial charge in [0.05, 0.1) is 4.92 Å². The van der Waals surface area contributed by atoms with Crippen molar-refractivity contribution in [1.82, 2.24) is 5.32 Å². The molecule has 0 unspecified atom stereocenters. The first-order valence-corrected chi connectivity index (χ1v) is 3.37. The van der Waals surface area contributed by atoms with Gasteiger partial charge in [-0.2, -0.15) is 0 Å². The van der Waals surface area contributed by atoms with E-state index in [2.05, 4.69) is 5.32 Å². The Balaban J connectivity index is 3.68. The molecule has 0 aromatic carbocycles. The molecule has 64 valence electrons. The molecule has 0 fully saturated rings. The molecular weight excluding hydrogens is 146 g/mol. The lowest BCUT2D eigenvalue weighted by Crippen LogP contribution is -2.24. The van der Waals surface area contributed by atoms with E-state index in [1.807, 2.05) is 13.8 Å². The Labute approximate surface area is 65.4 Å². The molecule has 0 radical (unpaired) electrons. The number of hydrogen-bond donors (Lipinski definition) is 2. The highest BCUT2D eigenvalue weighted by Crippen LogP contribution is 1.88. The van der Waals surface area contributed by atoms with Gasteiger partial charge < -0.3 is 11.1 Å². The molecule has 0 saturated carbocycles. The highest BCUT2D eigenvalue weighted by atomic mass is 16.6. The average molecular weight is 159 g/mol. The minimum atomic E-state index is -0.581. The van der Waals surface area contributed by atoms with Gasteiger partial charge in [0, 0.05) is 6.54 Å². The number of hydrogen-bond acceptors (Lipinski definition) is 4. The van der Waals surface area contributed by atoms with Gasteiger partial charge in [0.2, 0.25) is 0 Å². The molecule has 0 rings (SSSR count). The zero-order chi connectivity index (χ0) is 8.85. The lowest BCUT2D eigenvalue weighted by Gasteiger charge is -2.05. The Hall–Kier alpha value is -1.26. The average Bonchev–Trinajstić information content (AvgIpc) is 1.82. The second kappa shape index (κ2) is 4.54. The zero-order valence-corrected chi connectivity index (χ0v) is 6.70. The third-order valence-corrected chi connectivity index (χ3v) is 0.959. The van der Waals surface area contributed by atoms with Crippen LogP contribution in [-0.2, 0) is 0 Å². The molecule has 0 aliphatic heterocycles. The summed E-state index contributed by atoms with van der Waals surface area (Å²) in [4.78, 5) is 9.28. The van der Waals surface area contributed by atoms with Crippen molar-refractivity contribution in [1.29, 1.82) is 0 Å². The smallest absolute Gasteiger partial charge is 0.273 e. The monoisotopic (exact) mass is 159 g/mol. The van der Waals surface area contributed by atoms with Gasteiger partial charge >= 0.3 is 0 Å². The molecule has 3 N–H and O–H groups in total. The van der Waals surface area contributed by atoms with Crippen LogP contribution in [0, 0.1) is 16.0 Å². The van der Waals surface area contributed by atoms with Gasteiger partial charge in [-0.3, -0.25) is 10.1 Å². The van der Waals surface area contributed by atoms with Gasteiger partial charge in [0.15, 0.2) is 5.82 Å². The largest absolute Gasteiger partial charge is 0.380 e. The summed E-state index contributed by atoms with van der Waals surface area (Å²) in [6.45, 7) is 4.63. The van der Waals surface area contributed by atoms with Crippen molar-refractivity contribution in [2.24, 2.45) is 11.7 Å². The molecule has 0 heterocycles. The molecule has 11 heavy (non-hydrogen) atoms. The van der Waals surface area contributed by atoms with Crippen LogP contribution in [0.3, 0.4) is 0 Å². The molecule has 5 heteroatoms. The van der Waals surface area contributed by atoms with Crippen LogP contribution in [0.25, 0.3) is 0 Å². The molecule has 0 aromatic rings. The number of nitrogens with two attached hydrogens (primary N) is 1. The molecule has 0 atom stereocenters. The van der Waals surface area contributed by atoms with Crippen LogP contribution in [-0.4, -0.2) is 11.5 Å². The van der Waals surface area contributed by atoms with E-state index in [1.165, 1.54) is 0 Å². The van der Waals surface area contributed by atoms with E-state index in [0.29, 0.717) is 12.5 Å². The van der Waals surface area contributed by atoms with E-state index < -0.39 is 4.92 Å². The Bertz CT molecular complexity index is 165. The molecule has 0 saturated heterocycles. The van der Waals surface area contributed by atoms with E-state index in [-0.39, 0.29) is 5.82 Å². The first kappa shape index (κ1) is 9.74. The minimum Gasteiger partial charge on any atom is -0.380 e. The van der Waals surface area contributed by atoms with Crippen molar-refractivity contribution in [3.05, 3.63) is 22.1 Å². The summed E-state index contributed by atoms with van der Waals surface area (Å²) in [5, 5.41) is 12.6. The topological polar surface area (TPSA) is 81.2 Å². The van der Waals surface area contributed by atoms with Crippen molar-refractivity contribution in [3.8, 4) is 0 Å². The van der Waals surface area contributed by atoms with Crippen LogP contribution < -0.4 is 11.1 Å². The zero-order valence-electron chi connectivity index (χ0n) is 6.70. The second-order valence-electron chi connectivity index (χ2n) is 2.64. The standard InChI is InChI=1S/C6H13N3O2/c1-5(2)3-8-6(7)4-9(10)11/h4-5,8H,3,7H2,1-2H3/b6-4+. The Kier molecular flexibility index (Phi) is 4.02. The summed E-state index contributed by atoms with van der Waals surface area (Å²) < 4.78 is 0. The van der Waals surface area contributed by atoms with Gasteiger partial charge in [-0.15, -0.1) is 0 Å². The van der Waals surface area contributed by atoms with Crippen LogP contribution in [0.15, 0.2) is 12.0 Å². The maximum Gasteiger partial charge on any atom is 0.273 e. The number of nitrogens with one attached hydrogen (secondary N) is 1. The van der Waals surface area contributed by atoms with Gasteiger partial charge in [-0.05, 0) is 5.92 Å². The predicted octanol–water partition coefficient (Wildman–Crippen LogP) is 0.266. The Morgan fingerprint density at radius 1 is 1.82 bits per heavy atom. The van der Waals surface area contributed by atoms with Crippen molar-refractivity contribution in [2.45, 2.75) is 13.8 Å². The first-order valence-electron chi connectivity index (χ1n) is 3.37. The summed E-state index contributed by atoms with van der Waals surface area (Å²) in [6.07, 6.45) is 0.752. The number of rotatable bonds is 4. The molecule has 0 aliphatic carbocycles. The second-order valence-corrected chi connectivity index (χ2v) is 2.64. The van der Waals surface area contributed by atoms with Crippen molar-refractivity contribution >= 4 is 0 Å². The van der Waals surface area contributed by atoms with Crippen LogP contribution in [0.2, 0.25) is 0 Å². The van der Waals surface area contributed by atoms with Crippen LogP contribution >= 0.6 is 0 Å². The third-order valence-electron chi connectivity index (χ3n) is 0.959. The lowest BCUT2D eigenvalue weighted by molar-refractivity contribution is -0.403. The summed E-state index contributed by atoms with van der Waals surface area (Å²) in [7, 11) is 0. The molecule has 0 spiro atoms. The quantitative estimate of drug-likeness (QED) is 0.455. The molecular formula is C6H13N3O2. The summed E-state index contributed by atoms with van der Waals surface area (Å²) in [5.41, 5.74) is 5.23. The number of nitro groups is 1. The maximum atomic E-state index is 9.86. The van der Waals surface area contributed by atoms with Gasteiger partial charge in [0.25, 0.3) is 6.20 Å². The van der Waals surface area contributed by atoms with E-state index in [4.69, 9.17) is 5.73 Å². The third kappa shape index (κ3) is 6.63. The minimum absolute atomic E-state index is 0.101. The van der Waals surface area contributed by atoms with Gasteiger partial charge in [0.1, 0.15) is 0 Å². The fraction of sp³-hybridized carbons (Fsp3) is 0.667.